The summed E-state index contributed by atoms with van der Waals surface area (Å²) in [6.07, 6.45) is 4.29. The van der Waals surface area contributed by atoms with E-state index in [0.29, 0.717) is 6.42 Å². The summed E-state index contributed by atoms with van der Waals surface area (Å²) in [6, 6.07) is 12.3. The van der Waals surface area contributed by atoms with E-state index in [1.807, 2.05) is 30.3 Å². The van der Waals surface area contributed by atoms with Gasteiger partial charge in [-0.3, -0.25) is 30.2 Å². The first-order valence-corrected chi connectivity index (χ1v) is 9.07. The van der Waals surface area contributed by atoms with Crippen LogP contribution in [0.25, 0.3) is 0 Å². The molecule has 28 heavy (non-hydrogen) atoms. The highest BCUT2D eigenvalue weighted by molar-refractivity contribution is 6.35. The Morgan fingerprint density at radius 3 is 2.54 bits per heavy atom. The molecular formula is C20H22N4O4. The molecule has 0 radical (unpaired) electrons. The number of likely N-dealkylation sites (tertiary alicyclic amines) is 1. The fourth-order valence-electron chi connectivity index (χ4n) is 3.31. The number of aromatic nitrogens is 1. The van der Waals surface area contributed by atoms with Crippen LogP contribution in [0.5, 0.6) is 0 Å². The van der Waals surface area contributed by atoms with Gasteiger partial charge in [0.25, 0.3) is 5.91 Å². The van der Waals surface area contributed by atoms with Crippen molar-refractivity contribution in [1.29, 1.82) is 0 Å². The number of aliphatic hydroxyl groups excluding tert-OH is 1. The zero-order chi connectivity index (χ0) is 19.9. The highest BCUT2D eigenvalue weighted by Gasteiger charge is 2.35. The molecule has 1 saturated heterocycles. The Morgan fingerprint density at radius 2 is 1.86 bits per heavy atom. The number of hydrazine groups is 1. The maximum Gasteiger partial charge on any atom is 0.327 e. The van der Waals surface area contributed by atoms with Crippen molar-refractivity contribution in [1.82, 2.24) is 20.7 Å². The lowest BCUT2D eigenvalue weighted by molar-refractivity contribution is -0.150. The number of aliphatic hydroxyl groups is 1. The van der Waals surface area contributed by atoms with Crippen LogP contribution in [0.2, 0.25) is 0 Å². The third-order valence-electron chi connectivity index (χ3n) is 4.79. The van der Waals surface area contributed by atoms with Crippen LogP contribution in [0.3, 0.4) is 0 Å². The zero-order valence-corrected chi connectivity index (χ0v) is 15.2. The molecule has 2 atom stereocenters. The van der Waals surface area contributed by atoms with E-state index in [1.54, 1.807) is 6.07 Å². The van der Waals surface area contributed by atoms with Gasteiger partial charge < -0.3 is 10.0 Å². The third kappa shape index (κ3) is 4.52. The van der Waals surface area contributed by atoms with Crippen LogP contribution in [0.1, 0.15) is 34.8 Å². The van der Waals surface area contributed by atoms with Gasteiger partial charge in [0.2, 0.25) is 0 Å². The van der Waals surface area contributed by atoms with E-state index in [9.17, 15) is 19.5 Å². The van der Waals surface area contributed by atoms with Crippen molar-refractivity contribution in [3.05, 3.63) is 66.0 Å². The lowest BCUT2D eigenvalue weighted by atomic mass is 9.89. The Kier molecular flexibility index (Phi) is 6.33. The number of pyridine rings is 1. The molecule has 0 saturated carbocycles. The van der Waals surface area contributed by atoms with Crippen molar-refractivity contribution >= 4 is 17.7 Å². The maximum absolute atomic E-state index is 12.8. The van der Waals surface area contributed by atoms with Crippen LogP contribution < -0.4 is 10.9 Å². The molecule has 8 nitrogen and oxygen atoms in total. The largest absolute Gasteiger partial charge is 0.396 e. The molecule has 1 aromatic carbocycles. The lowest BCUT2D eigenvalue weighted by Crippen LogP contribution is -2.53. The number of nitrogens with one attached hydrogen (secondary N) is 2. The Bertz CT molecular complexity index is 829. The van der Waals surface area contributed by atoms with Gasteiger partial charge in [0.1, 0.15) is 0 Å². The molecular weight excluding hydrogens is 360 g/mol. The standard InChI is InChI=1S/C20H22N4O4/c25-13-14-8-9-17(15-5-2-1-3-6-15)24(12-14)20(28)19(27)23-22-18(26)16-7-4-10-21-11-16/h1-7,10-11,14,17,25H,8-9,12-13H2,(H,22,26)(H,23,27). The molecule has 1 aliphatic heterocycles. The molecule has 1 aliphatic rings. The van der Waals surface area contributed by atoms with Gasteiger partial charge in [0, 0.05) is 25.5 Å². The number of carbonyl (C=O) groups excluding carboxylic acids is 3. The summed E-state index contributed by atoms with van der Waals surface area (Å²) >= 11 is 0. The smallest absolute Gasteiger partial charge is 0.327 e. The number of benzene rings is 1. The average Bonchev–Trinajstić information content (AvgIpc) is 2.77. The highest BCUT2D eigenvalue weighted by atomic mass is 16.3. The minimum absolute atomic E-state index is 0.0509. The van der Waals surface area contributed by atoms with Gasteiger partial charge in [-0.15, -0.1) is 0 Å². The molecule has 1 aromatic heterocycles. The van der Waals surface area contributed by atoms with E-state index in [2.05, 4.69) is 15.8 Å². The average molecular weight is 382 g/mol. The molecule has 1 fully saturated rings. The molecule has 2 aromatic rings. The summed E-state index contributed by atoms with van der Waals surface area (Å²) in [7, 11) is 0. The SMILES string of the molecule is O=C(NNC(=O)c1cccnc1)C(=O)N1CC(CO)CCC1c1ccccc1. The second-order valence-corrected chi connectivity index (χ2v) is 6.66. The summed E-state index contributed by atoms with van der Waals surface area (Å²) < 4.78 is 0. The molecule has 146 valence electrons. The second-order valence-electron chi connectivity index (χ2n) is 6.66. The van der Waals surface area contributed by atoms with Crippen molar-refractivity contribution < 1.29 is 19.5 Å². The summed E-state index contributed by atoms with van der Waals surface area (Å²) in [5.41, 5.74) is 5.58. The van der Waals surface area contributed by atoms with Gasteiger partial charge in [-0.2, -0.15) is 0 Å². The Hall–Kier alpha value is -3.26. The van der Waals surface area contributed by atoms with Crippen molar-refractivity contribution in [3.63, 3.8) is 0 Å². The van der Waals surface area contributed by atoms with Gasteiger partial charge in [-0.1, -0.05) is 30.3 Å². The van der Waals surface area contributed by atoms with Crippen molar-refractivity contribution in [2.45, 2.75) is 18.9 Å². The number of hydrogen-bond acceptors (Lipinski definition) is 5. The molecule has 2 unspecified atom stereocenters. The van der Waals surface area contributed by atoms with E-state index < -0.39 is 17.7 Å². The number of carbonyl (C=O) groups is 3. The molecule has 0 spiro atoms. The van der Waals surface area contributed by atoms with Crippen LogP contribution in [-0.2, 0) is 9.59 Å². The Balaban J connectivity index is 1.68. The fraction of sp³-hybridized carbons (Fsp3) is 0.300. The van der Waals surface area contributed by atoms with Crippen LogP contribution >= 0.6 is 0 Å². The molecule has 3 rings (SSSR count). The topological polar surface area (TPSA) is 112 Å². The summed E-state index contributed by atoms with van der Waals surface area (Å²) in [5.74, 6) is -2.34. The Labute approximate surface area is 162 Å². The first-order valence-electron chi connectivity index (χ1n) is 9.07. The Morgan fingerprint density at radius 1 is 1.07 bits per heavy atom. The molecule has 8 heteroatoms. The number of hydrogen-bond donors (Lipinski definition) is 3. The van der Waals surface area contributed by atoms with Crippen LogP contribution in [-0.4, -0.2) is 45.9 Å². The number of rotatable bonds is 3. The number of amides is 3. The summed E-state index contributed by atoms with van der Waals surface area (Å²) in [5, 5.41) is 9.49. The lowest BCUT2D eigenvalue weighted by Gasteiger charge is -2.39. The second kappa shape index (κ2) is 9.09. The van der Waals surface area contributed by atoms with Crippen molar-refractivity contribution in [2.24, 2.45) is 5.92 Å². The predicted octanol–water partition coefficient (Wildman–Crippen LogP) is 0.815. The molecule has 2 heterocycles. The van der Waals surface area contributed by atoms with Crippen molar-refractivity contribution in [3.8, 4) is 0 Å². The van der Waals surface area contributed by atoms with Gasteiger partial charge in [0.15, 0.2) is 0 Å². The first kappa shape index (κ1) is 19.5. The van der Waals surface area contributed by atoms with Crippen molar-refractivity contribution in [2.75, 3.05) is 13.2 Å². The predicted molar refractivity (Wildman–Crippen MR) is 101 cm³/mol. The quantitative estimate of drug-likeness (QED) is 0.537. The van der Waals surface area contributed by atoms with Gasteiger partial charge in [-0.05, 0) is 36.5 Å². The fourth-order valence-corrected chi connectivity index (χ4v) is 3.31. The molecule has 3 N–H and O–H groups in total. The van der Waals surface area contributed by atoms with Crippen LogP contribution in [0, 0.1) is 5.92 Å². The third-order valence-corrected chi connectivity index (χ3v) is 4.79. The number of piperidine rings is 1. The maximum atomic E-state index is 12.8. The van der Waals surface area contributed by atoms with Crippen LogP contribution in [0.4, 0.5) is 0 Å². The minimum Gasteiger partial charge on any atom is -0.396 e. The van der Waals surface area contributed by atoms with E-state index in [0.717, 1.165) is 12.0 Å². The monoisotopic (exact) mass is 382 g/mol. The highest BCUT2D eigenvalue weighted by Crippen LogP contribution is 2.33. The van der Waals surface area contributed by atoms with E-state index >= 15 is 0 Å². The summed E-state index contributed by atoms with van der Waals surface area (Å²) in [4.78, 5) is 42.4. The number of nitrogens with zero attached hydrogens (tertiary/aromatic N) is 2. The molecule has 0 bridgehead atoms. The normalized spacial score (nSPS) is 19.0. The van der Waals surface area contributed by atoms with E-state index in [-0.39, 0.29) is 30.7 Å². The zero-order valence-electron chi connectivity index (χ0n) is 15.2. The van der Waals surface area contributed by atoms with Crippen LogP contribution in [0.15, 0.2) is 54.9 Å². The minimum atomic E-state index is -0.934. The van der Waals surface area contributed by atoms with E-state index in [4.69, 9.17) is 0 Å². The molecule has 0 aliphatic carbocycles. The van der Waals surface area contributed by atoms with E-state index in [1.165, 1.54) is 23.4 Å². The summed E-state index contributed by atoms with van der Waals surface area (Å²) in [6.45, 7) is 0.226. The van der Waals surface area contributed by atoms with Gasteiger partial charge in [-0.25, -0.2) is 0 Å². The van der Waals surface area contributed by atoms with Gasteiger partial charge >= 0.3 is 11.8 Å². The van der Waals surface area contributed by atoms with Gasteiger partial charge in [0.05, 0.1) is 11.6 Å². The first-order chi connectivity index (χ1) is 13.6. The molecule has 3 amide bonds.